The Morgan fingerprint density at radius 1 is 0.238 bits per heavy atom. The van der Waals surface area contributed by atoms with E-state index in [9.17, 15) is 0 Å². The van der Waals surface area contributed by atoms with Crippen LogP contribution in [0.1, 0.15) is 34.1 Å². The van der Waals surface area contributed by atoms with Crippen molar-refractivity contribution in [3.8, 4) is 0 Å². The van der Waals surface area contributed by atoms with Gasteiger partial charge in [0.05, 0.1) is 0 Å². The van der Waals surface area contributed by atoms with Crippen molar-refractivity contribution in [3.05, 3.63) is 192 Å². The summed E-state index contributed by atoms with van der Waals surface area (Å²) in [5.74, 6) is 0.214. The fraction of sp³-hybridized carbons (Fsp3) is 0.0476. The Labute approximate surface area is 246 Å². The molecule has 0 radical (unpaired) electrons. The molecule has 0 bridgehead atoms. The average molecular weight is 535 g/mol. The predicted octanol–water partition coefficient (Wildman–Crippen LogP) is 11.3. The van der Waals surface area contributed by atoms with E-state index in [0.29, 0.717) is 0 Å². The summed E-state index contributed by atoms with van der Waals surface area (Å²) < 4.78 is 0. The van der Waals surface area contributed by atoms with Gasteiger partial charge in [-0.15, -0.1) is 0 Å². The molecule has 198 valence electrons. The SMILES string of the molecule is c1ccc([C@H](c2cccc3c2ccc2ccccc23)[C@H](c2ccccc2)c2cccc3c2ccc2ccccc23)cc1. The van der Waals surface area contributed by atoms with Gasteiger partial charge in [0.25, 0.3) is 0 Å². The maximum atomic E-state index is 2.35. The molecule has 0 aromatic heterocycles. The number of fused-ring (bicyclic) bond motifs is 6. The van der Waals surface area contributed by atoms with Crippen LogP contribution in [-0.2, 0) is 0 Å². The molecule has 8 aromatic rings. The van der Waals surface area contributed by atoms with Gasteiger partial charge in [0, 0.05) is 11.8 Å². The third-order valence-electron chi connectivity index (χ3n) is 8.96. The Morgan fingerprint density at radius 2 is 0.619 bits per heavy atom. The summed E-state index contributed by atoms with van der Waals surface area (Å²) in [7, 11) is 0. The van der Waals surface area contributed by atoms with Crippen LogP contribution in [0.5, 0.6) is 0 Å². The summed E-state index contributed by atoms with van der Waals surface area (Å²) in [5.41, 5.74) is 5.36. The van der Waals surface area contributed by atoms with Crippen LogP contribution >= 0.6 is 0 Å². The fourth-order valence-electron chi connectivity index (χ4n) is 7.10. The molecule has 8 aromatic carbocycles. The minimum absolute atomic E-state index is 0.107. The highest BCUT2D eigenvalue weighted by atomic mass is 14.3. The van der Waals surface area contributed by atoms with Gasteiger partial charge in [0.1, 0.15) is 0 Å². The van der Waals surface area contributed by atoms with Crippen molar-refractivity contribution >= 4 is 43.1 Å². The molecule has 8 rings (SSSR count). The highest BCUT2D eigenvalue weighted by molar-refractivity contribution is 6.10. The summed E-state index contributed by atoms with van der Waals surface area (Å²) in [6, 6.07) is 62.7. The molecule has 0 nitrogen and oxygen atoms in total. The first-order chi connectivity index (χ1) is 20.9. The van der Waals surface area contributed by atoms with Crippen molar-refractivity contribution in [2.24, 2.45) is 0 Å². The molecule has 0 saturated carbocycles. The van der Waals surface area contributed by atoms with Crippen molar-refractivity contribution < 1.29 is 0 Å². The van der Waals surface area contributed by atoms with Crippen molar-refractivity contribution in [3.63, 3.8) is 0 Å². The van der Waals surface area contributed by atoms with Crippen LogP contribution in [0, 0.1) is 0 Å². The first-order valence-electron chi connectivity index (χ1n) is 14.8. The molecule has 0 aliphatic heterocycles. The zero-order valence-electron chi connectivity index (χ0n) is 23.3. The number of rotatable bonds is 5. The molecule has 0 unspecified atom stereocenters. The molecule has 0 saturated heterocycles. The third-order valence-corrected chi connectivity index (χ3v) is 8.96. The van der Waals surface area contributed by atoms with Crippen LogP contribution in [0.25, 0.3) is 43.1 Å². The molecule has 0 fully saturated rings. The lowest BCUT2D eigenvalue weighted by atomic mass is 9.71. The second kappa shape index (κ2) is 10.3. The van der Waals surface area contributed by atoms with Gasteiger partial charge in [-0.1, -0.05) is 170 Å². The maximum absolute atomic E-state index is 2.35. The van der Waals surface area contributed by atoms with E-state index in [1.54, 1.807) is 0 Å². The maximum Gasteiger partial charge on any atom is 0.0205 e. The van der Waals surface area contributed by atoms with Crippen LogP contribution in [0.3, 0.4) is 0 Å². The second-order valence-electron chi connectivity index (χ2n) is 11.2. The highest BCUT2D eigenvalue weighted by Gasteiger charge is 2.30. The minimum Gasteiger partial charge on any atom is -0.0622 e. The zero-order valence-corrected chi connectivity index (χ0v) is 23.3. The van der Waals surface area contributed by atoms with E-state index in [1.807, 2.05) is 0 Å². The average Bonchev–Trinajstić information content (AvgIpc) is 3.07. The zero-order chi connectivity index (χ0) is 27.9. The lowest BCUT2D eigenvalue weighted by Crippen LogP contribution is -2.15. The minimum atomic E-state index is 0.107. The quantitative estimate of drug-likeness (QED) is 0.193. The van der Waals surface area contributed by atoms with Crippen molar-refractivity contribution in [1.29, 1.82) is 0 Å². The van der Waals surface area contributed by atoms with E-state index in [2.05, 4.69) is 170 Å². The van der Waals surface area contributed by atoms with Crippen molar-refractivity contribution in [2.45, 2.75) is 11.8 Å². The molecule has 0 aliphatic rings. The van der Waals surface area contributed by atoms with Crippen LogP contribution < -0.4 is 0 Å². The summed E-state index contributed by atoms with van der Waals surface area (Å²) in [4.78, 5) is 0. The molecule has 0 spiro atoms. The summed E-state index contributed by atoms with van der Waals surface area (Å²) in [6.07, 6.45) is 0. The molecular weight excluding hydrogens is 504 g/mol. The molecule has 2 atom stereocenters. The lowest BCUT2D eigenvalue weighted by molar-refractivity contribution is 0.703. The first-order valence-corrected chi connectivity index (χ1v) is 14.8. The van der Waals surface area contributed by atoms with Gasteiger partial charge in [-0.3, -0.25) is 0 Å². The van der Waals surface area contributed by atoms with E-state index in [4.69, 9.17) is 0 Å². The molecule has 0 N–H and O–H groups in total. The number of hydrogen-bond donors (Lipinski definition) is 0. The van der Waals surface area contributed by atoms with Crippen LogP contribution in [0.2, 0.25) is 0 Å². The number of hydrogen-bond acceptors (Lipinski definition) is 0. The molecule has 42 heavy (non-hydrogen) atoms. The van der Waals surface area contributed by atoms with Gasteiger partial charge < -0.3 is 0 Å². The highest BCUT2D eigenvalue weighted by Crippen LogP contribution is 2.47. The standard InChI is InChI=1S/C42H30/c1-3-15-31(16-4-1)41(39-23-11-21-35-33-19-9-7-13-29(33)25-27-37(35)39)42(32-17-5-2-6-18-32)40-24-12-22-36-34-20-10-8-14-30(34)26-28-38(36)40/h1-28,41-42H/t41-,42-/m1/s1. The topological polar surface area (TPSA) is 0 Å². The molecule has 0 heteroatoms. The Hall–Kier alpha value is -5.20. The summed E-state index contributed by atoms with van der Waals surface area (Å²) in [6.45, 7) is 0. The summed E-state index contributed by atoms with van der Waals surface area (Å²) in [5, 5.41) is 10.4. The van der Waals surface area contributed by atoms with Gasteiger partial charge in [0.15, 0.2) is 0 Å². The Kier molecular flexibility index (Phi) is 6.04. The lowest BCUT2D eigenvalue weighted by Gasteiger charge is -2.31. The van der Waals surface area contributed by atoms with E-state index in [-0.39, 0.29) is 11.8 Å². The van der Waals surface area contributed by atoms with Gasteiger partial charge in [-0.2, -0.15) is 0 Å². The third kappa shape index (κ3) is 4.07. The van der Waals surface area contributed by atoms with E-state index >= 15 is 0 Å². The Bertz CT molecular complexity index is 2030. The van der Waals surface area contributed by atoms with Gasteiger partial charge in [0.2, 0.25) is 0 Å². The first kappa shape index (κ1) is 24.6. The van der Waals surface area contributed by atoms with Gasteiger partial charge in [-0.05, 0) is 65.3 Å². The van der Waals surface area contributed by atoms with Crippen LogP contribution in [0.4, 0.5) is 0 Å². The smallest absolute Gasteiger partial charge is 0.0205 e. The fourth-order valence-corrected chi connectivity index (χ4v) is 7.10. The van der Waals surface area contributed by atoms with Crippen LogP contribution in [0.15, 0.2) is 170 Å². The molecular formula is C42H30. The largest absolute Gasteiger partial charge is 0.0622 e. The molecule has 0 amide bonds. The van der Waals surface area contributed by atoms with Gasteiger partial charge in [-0.25, -0.2) is 0 Å². The monoisotopic (exact) mass is 534 g/mol. The predicted molar refractivity (Wildman–Crippen MR) is 179 cm³/mol. The van der Waals surface area contributed by atoms with Crippen molar-refractivity contribution in [2.75, 3.05) is 0 Å². The van der Waals surface area contributed by atoms with E-state index in [0.717, 1.165) is 0 Å². The van der Waals surface area contributed by atoms with Gasteiger partial charge >= 0.3 is 0 Å². The Morgan fingerprint density at radius 3 is 1.07 bits per heavy atom. The molecule has 0 heterocycles. The van der Waals surface area contributed by atoms with E-state index in [1.165, 1.54) is 65.3 Å². The summed E-state index contributed by atoms with van der Waals surface area (Å²) >= 11 is 0. The molecule has 0 aliphatic carbocycles. The Balaban J connectivity index is 1.47. The van der Waals surface area contributed by atoms with Crippen LogP contribution in [-0.4, -0.2) is 0 Å². The second-order valence-corrected chi connectivity index (χ2v) is 11.2. The number of benzene rings is 8. The normalized spacial score (nSPS) is 13.0. The van der Waals surface area contributed by atoms with Crippen molar-refractivity contribution in [1.82, 2.24) is 0 Å². The van der Waals surface area contributed by atoms with E-state index < -0.39 is 0 Å².